The molecule has 0 radical (unpaired) electrons. The minimum absolute atomic E-state index is 0.216. The Kier molecular flexibility index (Phi) is 3.35. The second kappa shape index (κ2) is 5.32. The van der Waals surface area contributed by atoms with Gasteiger partial charge in [0.1, 0.15) is 5.52 Å². The lowest BCUT2D eigenvalue weighted by atomic mass is 10.3. The fourth-order valence-corrected chi connectivity index (χ4v) is 1.97. The quantitative estimate of drug-likeness (QED) is 0.716. The van der Waals surface area contributed by atoms with Gasteiger partial charge in [0.15, 0.2) is 17.1 Å². The Morgan fingerprint density at radius 2 is 2.14 bits per heavy atom. The minimum Gasteiger partial charge on any atom is -0.491 e. The molecule has 21 heavy (non-hydrogen) atoms. The van der Waals surface area contributed by atoms with Crippen molar-refractivity contribution in [2.75, 3.05) is 17.7 Å². The molecule has 6 heteroatoms. The molecule has 0 aliphatic carbocycles. The predicted molar refractivity (Wildman–Crippen MR) is 79.3 cm³/mol. The first-order valence-corrected chi connectivity index (χ1v) is 6.51. The first-order chi connectivity index (χ1) is 10.2. The smallest absolute Gasteiger partial charge is 0.300 e. The van der Waals surface area contributed by atoms with E-state index in [1.165, 1.54) is 6.07 Å². The largest absolute Gasteiger partial charge is 0.491 e. The monoisotopic (exact) mass is 287 g/mol. The van der Waals surface area contributed by atoms with E-state index >= 15 is 0 Å². The van der Waals surface area contributed by atoms with Crippen molar-refractivity contribution in [3.8, 4) is 5.75 Å². The summed E-state index contributed by atoms with van der Waals surface area (Å²) in [6.07, 6.45) is 0. The maximum Gasteiger partial charge on any atom is 0.300 e. The zero-order valence-corrected chi connectivity index (χ0v) is 11.4. The Labute approximate surface area is 120 Å². The number of rotatable bonds is 4. The summed E-state index contributed by atoms with van der Waals surface area (Å²) >= 11 is 0. The Morgan fingerprint density at radius 3 is 2.90 bits per heavy atom. The van der Waals surface area contributed by atoms with Gasteiger partial charge in [-0.2, -0.15) is 4.98 Å². The molecule has 0 spiro atoms. The fourth-order valence-electron chi connectivity index (χ4n) is 1.97. The van der Waals surface area contributed by atoms with Gasteiger partial charge in [-0.15, -0.1) is 0 Å². The van der Waals surface area contributed by atoms with Crippen molar-refractivity contribution in [3.63, 3.8) is 0 Å². The minimum atomic E-state index is -0.442. The van der Waals surface area contributed by atoms with E-state index in [0.717, 1.165) is 0 Å². The number of nitrogens with zero attached hydrogens (tertiary/aromatic N) is 1. The summed E-state index contributed by atoms with van der Waals surface area (Å²) in [6.45, 7) is 2.21. The number of hydrogen-bond acceptors (Lipinski definition) is 5. The molecular formula is C15H14FN3O2. The van der Waals surface area contributed by atoms with E-state index < -0.39 is 5.82 Å². The van der Waals surface area contributed by atoms with E-state index in [4.69, 9.17) is 14.9 Å². The van der Waals surface area contributed by atoms with E-state index in [1.54, 1.807) is 37.3 Å². The molecule has 0 aliphatic heterocycles. The Hall–Kier alpha value is -2.76. The maximum absolute atomic E-state index is 13.8. The van der Waals surface area contributed by atoms with Gasteiger partial charge in [0, 0.05) is 23.5 Å². The van der Waals surface area contributed by atoms with Crippen LogP contribution in [0.25, 0.3) is 11.1 Å². The van der Waals surface area contributed by atoms with Crippen LogP contribution in [0.2, 0.25) is 0 Å². The van der Waals surface area contributed by atoms with Crippen LogP contribution < -0.4 is 15.8 Å². The lowest BCUT2D eigenvalue weighted by Crippen LogP contribution is -1.96. The standard InChI is InChI=1S/C15H14FN3O2/c1-2-20-13-6-4-10(8-11(13)16)18-15-19-12-5-3-9(17)7-14(12)21-15/h3-8H,2,17H2,1H3,(H,18,19). The Balaban J connectivity index is 1.86. The topological polar surface area (TPSA) is 73.3 Å². The molecule has 5 nitrogen and oxygen atoms in total. The third-order valence-corrected chi connectivity index (χ3v) is 2.90. The molecule has 0 fully saturated rings. The van der Waals surface area contributed by atoms with Crippen LogP contribution in [-0.4, -0.2) is 11.6 Å². The van der Waals surface area contributed by atoms with Crippen LogP contribution in [-0.2, 0) is 0 Å². The van der Waals surface area contributed by atoms with Crippen LogP contribution in [0, 0.1) is 5.82 Å². The highest BCUT2D eigenvalue weighted by Crippen LogP contribution is 2.26. The molecule has 2 aromatic carbocycles. The molecule has 0 aliphatic rings. The number of nitrogens with two attached hydrogens (primary N) is 1. The normalized spacial score (nSPS) is 10.8. The zero-order chi connectivity index (χ0) is 14.8. The van der Waals surface area contributed by atoms with Gasteiger partial charge in [-0.05, 0) is 31.2 Å². The third-order valence-electron chi connectivity index (χ3n) is 2.90. The summed E-state index contributed by atoms with van der Waals surface area (Å²) in [5, 5.41) is 2.91. The van der Waals surface area contributed by atoms with E-state index in [9.17, 15) is 4.39 Å². The lowest BCUT2D eigenvalue weighted by Gasteiger charge is -2.06. The number of benzene rings is 2. The van der Waals surface area contributed by atoms with E-state index in [2.05, 4.69) is 10.3 Å². The number of ether oxygens (including phenoxy) is 1. The molecule has 0 saturated heterocycles. The number of fused-ring (bicyclic) bond motifs is 1. The van der Waals surface area contributed by atoms with Crippen LogP contribution in [0.5, 0.6) is 5.75 Å². The number of nitrogens with one attached hydrogen (secondary N) is 1. The van der Waals surface area contributed by atoms with Gasteiger partial charge in [-0.3, -0.25) is 0 Å². The van der Waals surface area contributed by atoms with Gasteiger partial charge in [-0.25, -0.2) is 4.39 Å². The van der Waals surface area contributed by atoms with Crippen molar-refractivity contribution in [1.29, 1.82) is 0 Å². The van der Waals surface area contributed by atoms with Gasteiger partial charge in [0.25, 0.3) is 6.01 Å². The van der Waals surface area contributed by atoms with Crippen LogP contribution in [0.1, 0.15) is 6.92 Å². The summed E-state index contributed by atoms with van der Waals surface area (Å²) in [5.41, 5.74) is 8.05. The van der Waals surface area contributed by atoms with Crippen molar-refractivity contribution in [1.82, 2.24) is 4.98 Å². The average Bonchev–Trinajstić information content (AvgIpc) is 2.83. The molecule has 3 aromatic rings. The van der Waals surface area contributed by atoms with Crippen LogP contribution in [0.4, 0.5) is 21.8 Å². The second-order valence-electron chi connectivity index (χ2n) is 4.45. The molecule has 1 aromatic heterocycles. The number of hydrogen-bond donors (Lipinski definition) is 2. The zero-order valence-electron chi connectivity index (χ0n) is 11.4. The number of aromatic nitrogens is 1. The van der Waals surface area contributed by atoms with Crippen molar-refractivity contribution >= 4 is 28.5 Å². The number of halogens is 1. The first kappa shape index (κ1) is 13.2. The first-order valence-electron chi connectivity index (χ1n) is 6.51. The predicted octanol–water partition coefficient (Wildman–Crippen LogP) is 3.69. The van der Waals surface area contributed by atoms with Gasteiger partial charge in [-0.1, -0.05) is 0 Å². The molecule has 3 rings (SSSR count). The van der Waals surface area contributed by atoms with Crippen molar-refractivity contribution < 1.29 is 13.5 Å². The number of nitrogen functional groups attached to an aromatic ring is 1. The molecule has 0 unspecified atom stereocenters. The summed E-state index contributed by atoms with van der Waals surface area (Å²) in [4.78, 5) is 4.25. The molecule has 0 bridgehead atoms. The molecule has 3 N–H and O–H groups in total. The second-order valence-corrected chi connectivity index (χ2v) is 4.45. The average molecular weight is 287 g/mol. The molecular weight excluding hydrogens is 273 g/mol. The molecule has 0 amide bonds. The SMILES string of the molecule is CCOc1ccc(Nc2nc3ccc(N)cc3o2)cc1F. The molecule has 0 atom stereocenters. The van der Waals surface area contributed by atoms with Crippen LogP contribution in [0.3, 0.4) is 0 Å². The summed E-state index contributed by atoms with van der Waals surface area (Å²) in [5.74, 6) is -0.226. The van der Waals surface area contributed by atoms with Crippen LogP contribution in [0.15, 0.2) is 40.8 Å². The Bertz CT molecular complexity index is 786. The van der Waals surface area contributed by atoms with Crippen molar-refractivity contribution in [2.45, 2.75) is 6.92 Å². The maximum atomic E-state index is 13.8. The van der Waals surface area contributed by atoms with Gasteiger partial charge < -0.3 is 20.2 Å². The summed E-state index contributed by atoms with van der Waals surface area (Å²) in [6, 6.07) is 10.0. The molecule has 108 valence electrons. The fraction of sp³-hybridized carbons (Fsp3) is 0.133. The summed E-state index contributed by atoms with van der Waals surface area (Å²) in [7, 11) is 0. The van der Waals surface area contributed by atoms with E-state index in [0.29, 0.717) is 29.1 Å². The highest BCUT2D eigenvalue weighted by Gasteiger charge is 2.08. The third kappa shape index (κ3) is 2.74. The van der Waals surface area contributed by atoms with Crippen molar-refractivity contribution in [2.24, 2.45) is 0 Å². The van der Waals surface area contributed by atoms with E-state index in [1.807, 2.05) is 0 Å². The lowest BCUT2D eigenvalue weighted by molar-refractivity contribution is 0.321. The summed E-state index contributed by atoms with van der Waals surface area (Å²) < 4.78 is 24.4. The number of oxazole rings is 1. The highest BCUT2D eigenvalue weighted by atomic mass is 19.1. The highest BCUT2D eigenvalue weighted by molar-refractivity contribution is 5.78. The van der Waals surface area contributed by atoms with Crippen LogP contribution >= 0.6 is 0 Å². The molecule has 0 saturated carbocycles. The van der Waals surface area contributed by atoms with Gasteiger partial charge >= 0.3 is 0 Å². The molecule has 1 heterocycles. The number of anilines is 3. The van der Waals surface area contributed by atoms with Gasteiger partial charge in [0.2, 0.25) is 0 Å². The Morgan fingerprint density at radius 1 is 1.29 bits per heavy atom. The van der Waals surface area contributed by atoms with Gasteiger partial charge in [0.05, 0.1) is 6.61 Å². The van der Waals surface area contributed by atoms with Crippen molar-refractivity contribution in [3.05, 3.63) is 42.2 Å². The van der Waals surface area contributed by atoms with E-state index in [-0.39, 0.29) is 11.8 Å².